The van der Waals surface area contributed by atoms with Gasteiger partial charge >= 0.3 is 17.9 Å². The SMILES string of the molecule is COC(=O)C1=C(C(=O)OC)N(c2cc(C)c(I)cc2C(=O)OC)COC1. The zero-order valence-corrected chi connectivity index (χ0v) is 16.9. The van der Waals surface area contributed by atoms with Crippen LogP contribution in [0.3, 0.4) is 0 Å². The van der Waals surface area contributed by atoms with Crippen molar-refractivity contribution in [3.8, 4) is 0 Å². The molecule has 26 heavy (non-hydrogen) atoms. The first-order chi connectivity index (χ1) is 12.3. The molecule has 0 bridgehead atoms. The molecule has 140 valence electrons. The average Bonchev–Trinajstić information content (AvgIpc) is 2.67. The average molecular weight is 475 g/mol. The topological polar surface area (TPSA) is 91.4 Å². The van der Waals surface area contributed by atoms with E-state index in [4.69, 9.17) is 18.9 Å². The van der Waals surface area contributed by atoms with E-state index in [-0.39, 0.29) is 30.2 Å². The lowest BCUT2D eigenvalue weighted by molar-refractivity contribution is -0.140. The lowest BCUT2D eigenvalue weighted by Crippen LogP contribution is -2.39. The smallest absolute Gasteiger partial charge is 0.355 e. The number of carbonyl (C=O) groups excluding carboxylic acids is 3. The largest absolute Gasteiger partial charge is 0.466 e. The molecule has 0 radical (unpaired) electrons. The highest BCUT2D eigenvalue weighted by molar-refractivity contribution is 14.1. The number of benzene rings is 1. The number of halogens is 1. The molecule has 0 saturated carbocycles. The van der Waals surface area contributed by atoms with Crippen LogP contribution in [0.25, 0.3) is 0 Å². The van der Waals surface area contributed by atoms with Crippen molar-refractivity contribution in [2.24, 2.45) is 0 Å². The number of carbonyl (C=O) groups is 3. The fraction of sp³-hybridized carbons (Fsp3) is 0.353. The first-order valence-corrected chi connectivity index (χ1v) is 8.57. The number of esters is 3. The molecule has 0 N–H and O–H groups in total. The van der Waals surface area contributed by atoms with Crippen molar-refractivity contribution in [1.82, 2.24) is 0 Å². The first-order valence-electron chi connectivity index (χ1n) is 7.49. The number of anilines is 1. The number of ether oxygens (including phenoxy) is 4. The molecule has 1 aromatic carbocycles. The van der Waals surface area contributed by atoms with Gasteiger partial charge in [0.15, 0.2) is 0 Å². The van der Waals surface area contributed by atoms with Gasteiger partial charge in [-0.3, -0.25) is 0 Å². The molecule has 0 atom stereocenters. The molecular weight excluding hydrogens is 457 g/mol. The summed E-state index contributed by atoms with van der Waals surface area (Å²) in [5, 5.41) is 0. The van der Waals surface area contributed by atoms with Gasteiger partial charge in [-0.1, -0.05) is 0 Å². The summed E-state index contributed by atoms with van der Waals surface area (Å²) in [6.07, 6.45) is 0. The van der Waals surface area contributed by atoms with Gasteiger partial charge in [-0.2, -0.15) is 0 Å². The third-order valence-electron chi connectivity index (χ3n) is 3.81. The van der Waals surface area contributed by atoms with Gasteiger partial charge in [0, 0.05) is 3.57 Å². The van der Waals surface area contributed by atoms with Crippen LogP contribution < -0.4 is 4.90 Å². The molecule has 0 saturated heterocycles. The minimum Gasteiger partial charge on any atom is -0.466 e. The number of aryl methyl sites for hydroxylation is 1. The van der Waals surface area contributed by atoms with E-state index >= 15 is 0 Å². The number of hydrogen-bond donors (Lipinski definition) is 0. The monoisotopic (exact) mass is 475 g/mol. The molecule has 1 aliphatic rings. The van der Waals surface area contributed by atoms with Crippen molar-refractivity contribution in [2.45, 2.75) is 6.92 Å². The maximum atomic E-state index is 12.4. The Kier molecular flexibility index (Phi) is 6.59. The van der Waals surface area contributed by atoms with Crippen LogP contribution in [0, 0.1) is 10.5 Å². The Bertz CT molecular complexity index is 788. The summed E-state index contributed by atoms with van der Waals surface area (Å²) < 4.78 is 20.7. The van der Waals surface area contributed by atoms with E-state index < -0.39 is 17.9 Å². The third-order valence-corrected chi connectivity index (χ3v) is 4.97. The molecule has 1 heterocycles. The van der Waals surface area contributed by atoms with Crippen LogP contribution in [0.1, 0.15) is 15.9 Å². The van der Waals surface area contributed by atoms with Gasteiger partial charge in [-0.15, -0.1) is 0 Å². The van der Waals surface area contributed by atoms with Crippen LogP contribution >= 0.6 is 22.6 Å². The van der Waals surface area contributed by atoms with Crippen LogP contribution in [0.5, 0.6) is 0 Å². The van der Waals surface area contributed by atoms with E-state index in [1.165, 1.54) is 26.2 Å². The third kappa shape index (κ3) is 3.83. The van der Waals surface area contributed by atoms with Crippen molar-refractivity contribution in [2.75, 3.05) is 39.6 Å². The molecule has 1 aliphatic heterocycles. The molecule has 0 unspecified atom stereocenters. The predicted octanol–water partition coefficient (Wildman–Crippen LogP) is 1.78. The maximum absolute atomic E-state index is 12.4. The Morgan fingerprint density at radius 3 is 2.23 bits per heavy atom. The van der Waals surface area contributed by atoms with Gasteiger partial charge in [0.1, 0.15) is 12.4 Å². The number of rotatable bonds is 4. The second-order valence-corrected chi connectivity index (χ2v) is 6.49. The van der Waals surface area contributed by atoms with Crippen LogP contribution in [0.15, 0.2) is 23.4 Å². The lowest BCUT2D eigenvalue weighted by atomic mass is 10.1. The van der Waals surface area contributed by atoms with E-state index in [0.717, 1.165) is 9.13 Å². The maximum Gasteiger partial charge on any atom is 0.355 e. The summed E-state index contributed by atoms with van der Waals surface area (Å²) in [6.45, 7) is 1.71. The van der Waals surface area contributed by atoms with Crippen LogP contribution in [0.2, 0.25) is 0 Å². The summed E-state index contributed by atoms with van der Waals surface area (Å²) in [6, 6.07) is 3.37. The Morgan fingerprint density at radius 2 is 1.65 bits per heavy atom. The predicted molar refractivity (Wildman–Crippen MR) is 99.6 cm³/mol. The second kappa shape index (κ2) is 8.49. The van der Waals surface area contributed by atoms with Crippen LogP contribution in [-0.2, 0) is 28.5 Å². The summed E-state index contributed by atoms with van der Waals surface area (Å²) in [7, 11) is 3.68. The highest BCUT2D eigenvalue weighted by Gasteiger charge is 2.34. The zero-order chi connectivity index (χ0) is 19.4. The number of methoxy groups -OCH3 is 3. The second-order valence-electron chi connectivity index (χ2n) is 5.33. The summed E-state index contributed by atoms with van der Waals surface area (Å²) in [4.78, 5) is 38.1. The van der Waals surface area contributed by atoms with Crippen molar-refractivity contribution in [3.63, 3.8) is 0 Å². The fourth-order valence-electron chi connectivity index (χ4n) is 2.50. The Labute approximate surface area is 164 Å². The van der Waals surface area contributed by atoms with Crippen molar-refractivity contribution in [1.29, 1.82) is 0 Å². The van der Waals surface area contributed by atoms with E-state index in [1.54, 1.807) is 12.1 Å². The van der Waals surface area contributed by atoms with Gasteiger partial charge < -0.3 is 23.8 Å². The normalized spacial score (nSPS) is 14.1. The van der Waals surface area contributed by atoms with E-state index in [1.807, 2.05) is 6.92 Å². The lowest BCUT2D eigenvalue weighted by Gasteiger charge is -2.32. The Morgan fingerprint density at radius 1 is 1.04 bits per heavy atom. The molecule has 1 aromatic rings. The highest BCUT2D eigenvalue weighted by Crippen LogP contribution is 2.32. The quantitative estimate of drug-likeness (QED) is 0.370. The van der Waals surface area contributed by atoms with E-state index in [0.29, 0.717) is 5.69 Å². The molecule has 0 spiro atoms. The zero-order valence-electron chi connectivity index (χ0n) is 14.8. The molecule has 0 aliphatic carbocycles. The molecule has 0 amide bonds. The van der Waals surface area contributed by atoms with Crippen LogP contribution in [0.4, 0.5) is 5.69 Å². The molecule has 2 rings (SSSR count). The molecule has 9 heteroatoms. The molecule has 8 nitrogen and oxygen atoms in total. The van der Waals surface area contributed by atoms with Gasteiger partial charge in [-0.25, -0.2) is 14.4 Å². The summed E-state index contributed by atoms with van der Waals surface area (Å²) in [5.41, 5.74) is 1.46. The number of hydrogen-bond acceptors (Lipinski definition) is 8. The molecule has 0 aromatic heterocycles. The standard InChI is InChI=1S/C17H18INO7/c1-9-5-13(10(6-12(9)18)15(20)23-2)19-8-26-7-11(16(21)24-3)14(19)17(22)25-4/h5-6H,7-8H2,1-4H3. The van der Waals surface area contributed by atoms with Gasteiger partial charge in [0.25, 0.3) is 0 Å². The molecule has 0 fully saturated rings. The Balaban J connectivity index is 2.72. The summed E-state index contributed by atoms with van der Waals surface area (Å²) >= 11 is 2.10. The van der Waals surface area contributed by atoms with Crippen LogP contribution in [-0.4, -0.2) is 52.6 Å². The van der Waals surface area contributed by atoms with Gasteiger partial charge in [0.05, 0.1) is 44.8 Å². The minimum atomic E-state index is -0.735. The fourth-order valence-corrected chi connectivity index (χ4v) is 2.96. The van der Waals surface area contributed by atoms with Crippen molar-refractivity contribution in [3.05, 3.63) is 38.1 Å². The van der Waals surface area contributed by atoms with Gasteiger partial charge in [-0.05, 0) is 47.2 Å². The highest BCUT2D eigenvalue weighted by atomic mass is 127. The minimum absolute atomic E-state index is 0.0117. The number of nitrogens with zero attached hydrogens (tertiary/aromatic N) is 1. The van der Waals surface area contributed by atoms with Gasteiger partial charge in [0.2, 0.25) is 0 Å². The van der Waals surface area contributed by atoms with E-state index in [9.17, 15) is 14.4 Å². The summed E-state index contributed by atoms with van der Waals surface area (Å²) in [5.74, 6) is -2.02. The Hall–Kier alpha value is -2.14. The van der Waals surface area contributed by atoms with Crippen molar-refractivity contribution >= 4 is 46.2 Å². The van der Waals surface area contributed by atoms with Crippen molar-refractivity contribution < 1.29 is 33.3 Å². The molecular formula is C17H18INO7. The van der Waals surface area contributed by atoms with E-state index in [2.05, 4.69) is 22.6 Å². The first kappa shape index (κ1) is 20.2.